The first-order valence-electron chi connectivity index (χ1n) is 4.38. The Kier molecular flexibility index (Phi) is 3.28. The largest absolute Gasteiger partial charge is 0.213 e. The summed E-state index contributed by atoms with van der Waals surface area (Å²) < 4.78 is 24.3. The van der Waals surface area contributed by atoms with Gasteiger partial charge in [-0.25, -0.2) is 13.1 Å². The van der Waals surface area contributed by atoms with E-state index in [9.17, 15) is 8.42 Å². The van der Waals surface area contributed by atoms with Crippen molar-refractivity contribution in [2.45, 2.75) is 31.7 Å². The van der Waals surface area contributed by atoms with Gasteiger partial charge >= 0.3 is 0 Å². The highest BCUT2D eigenvalue weighted by Crippen LogP contribution is 2.23. The Balaban J connectivity index is 2.39. The van der Waals surface area contributed by atoms with Gasteiger partial charge in [0, 0.05) is 12.0 Å². The van der Waals surface area contributed by atoms with Gasteiger partial charge in [0.25, 0.3) is 0 Å². The second kappa shape index (κ2) is 4.07. The molecular formula is C8H14N2O2S. The topological polar surface area (TPSA) is 70.0 Å². The van der Waals surface area contributed by atoms with E-state index in [1.807, 2.05) is 0 Å². The summed E-state index contributed by atoms with van der Waals surface area (Å²) in [7, 11) is -3.08. The summed E-state index contributed by atoms with van der Waals surface area (Å²) in [6, 6.07) is 2.25. The van der Waals surface area contributed by atoms with Crippen LogP contribution in [0.2, 0.25) is 0 Å². The van der Waals surface area contributed by atoms with Crippen molar-refractivity contribution in [2.24, 2.45) is 5.92 Å². The van der Waals surface area contributed by atoms with Crippen molar-refractivity contribution in [1.82, 2.24) is 4.72 Å². The smallest absolute Gasteiger partial charge is 0.208 e. The SMILES string of the molecule is CS(=O)(=O)NC1CCC(C#N)CC1. The molecular weight excluding hydrogens is 188 g/mol. The minimum Gasteiger partial charge on any atom is -0.213 e. The quantitative estimate of drug-likeness (QED) is 0.713. The summed E-state index contributed by atoms with van der Waals surface area (Å²) in [6.07, 6.45) is 4.35. The zero-order chi connectivity index (χ0) is 9.90. The van der Waals surface area contributed by atoms with Crippen LogP contribution < -0.4 is 4.72 Å². The normalized spacial score (nSPS) is 29.5. The van der Waals surface area contributed by atoms with Crippen LogP contribution in [0.15, 0.2) is 0 Å². The van der Waals surface area contributed by atoms with E-state index in [0.29, 0.717) is 0 Å². The van der Waals surface area contributed by atoms with Gasteiger partial charge in [0.05, 0.1) is 12.3 Å². The molecule has 74 valence electrons. The monoisotopic (exact) mass is 202 g/mol. The predicted molar refractivity (Wildman–Crippen MR) is 49.3 cm³/mol. The number of nitrogens with one attached hydrogen (secondary N) is 1. The summed E-state index contributed by atoms with van der Waals surface area (Å²) in [5.41, 5.74) is 0. The molecule has 0 aromatic carbocycles. The fourth-order valence-electron chi connectivity index (χ4n) is 1.64. The van der Waals surface area contributed by atoms with E-state index in [0.717, 1.165) is 25.7 Å². The van der Waals surface area contributed by atoms with Crippen molar-refractivity contribution < 1.29 is 8.42 Å². The van der Waals surface area contributed by atoms with Crippen LogP contribution in [-0.2, 0) is 10.0 Å². The summed E-state index contributed by atoms with van der Waals surface area (Å²) in [6.45, 7) is 0. The lowest BCUT2D eigenvalue weighted by Gasteiger charge is -2.24. The lowest BCUT2D eigenvalue weighted by molar-refractivity contribution is 0.362. The number of sulfonamides is 1. The molecule has 1 fully saturated rings. The lowest BCUT2D eigenvalue weighted by Crippen LogP contribution is -2.36. The molecule has 1 N–H and O–H groups in total. The van der Waals surface area contributed by atoms with Crippen molar-refractivity contribution in [3.05, 3.63) is 0 Å². The first-order chi connectivity index (χ1) is 6.01. The van der Waals surface area contributed by atoms with Crippen molar-refractivity contribution in [3.8, 4) is 6.07 Å². The molecule has 1 saturated carbocycles. The van der Waals surface area contributed by atoms with Gasteiger partial charge in [-0.05, 0) is 25.7 Å². The minimum absolute atomic E-state index is 0.0413. The van der Waals surface area contributed by atoms with Gasteiger partial charge in [0.15, 0.2) is 0 Å². The van der Waals surface area contributed by atoms with E-state index in [2.05, 4.69) is 10.8 Å². The van der Waals surface area contributed by atoms with Gasteiger partial charge < -0.3 is 0 Å². The molecule has 0 heterocycles. The van der Waals surface area contributed by atoms with Crippen molar-refractivity contribution in [1.29, 1.82) is 5.26 Å². The molecule has 0 atom stereocenters. The molecule has 0 aromatic heterocycles. The highest BCUT2D eigenvalue weighted by atomic mass is 32.2. The van der Waals surface area contributed by atoms with Gasteiger partial charge in [-0.1, -0.05) is 0 Å². The Hall–Kier alpha value is -0.600. The number of rotatable bonds is 2. The maximum absolute atomic E-state index is 10.9. The van der Waals surface area contributed by atoms with Gasteiger partial charge in [0.1, 0.15) is 0 Å². The molecule has 1 aliphatic rings. The van der Waals surface area contributed by atoms with Crippen LogP contribution in [-0.4, -0.2) is 20.7 Å². The maximum atomic E-state index is 10.9. The summed E-state index contributed by atoms with van der Waals surface area (Å²) in [5, 5.41) is 8.62. The maximum Gasteiger partial charge on any atom is 0.208 e. The van der Waals surface area contributed by atoms with Crippen molar-refractivity contribution in [3.63, 3.8) is 0 Å². The summed E-state index contributed by atoms with van der Waals surface area (Å²) in [4.78, 5) is 0. The number of hydrogen-bond acceptors (Lipinski definition) is 3. The molecule has 5 heteroatoms. The van der Waals surface area contributed by atoms with Crippen LogP contribution >= 0.6 is 0 Å². The molecule has 0 saturated heterocycles. The minimum atomic E-state index is -3.08. The van der Waals surface area contributed by atoms with Gasteiger partial charge in [-0.2, -0.15) is 5.26 Å². The van der Waals surface area contributed by atoms with Crippen molar-refractivity contribution >= 4 is 10.0 Å². The van der Waals surface area contributed by atoms with Crippen LogP contribution in [0.3, 0.4) is 0 Å². The first-order valence-corrected chi connectivity index (χ1v) is 6.27. The zero-order valence-corrected chi connectivity index (χ0v) is 8.47. The Morgan fingerprint density at radius 1 is 1.31 bits per heavy atom. The second-order valence-electron chi connectivity index (χ2n) is 3.57. The molecule has 0 aromatic rings. The molecule has 0 unspecified atom stereocenters. The average Bonchev–Trinajstić information content (AvgIpc) is 2.03. The Bertz CT molecular complexity index is 297. The van der Waals surface area contributed by atoms with E-state index in [4.69, 9.17) is 5.26 Å². The lowest BCUT2D eigenvalue weighted by atomic mass is 9.88. The standard InChI is InChI=1S/C8H14N2O2S/c1-13(11,12)10-8-4-2-7(6-9)3-5-8/h7-8,10H,2-5H2,1H3. The van der Waals surface area contributed by atoms with E-state index < -0.39 is 10.0 Å². The summed E-state index contributed by atoms with van der Waals surface area (Å²) in [5.74, 6) is 0.123. The van der Waals surface area contributed by atoms with Crippen LogP contribution in [0, 0.1) is 17.2 Å². The molecule has 0 amide bonds. The molecule has 13 heavy (non-hydrogen) atoms. The number of nitrogens with zero attached hydrogens (tertiary/aromatic N) is 1. The van der Waals surface area contributed by atoms with Crippen LogP contribution in [0.25, 0.3) is 0 Å². The number of nitriles is 1. The molecule has 0 spiro atoms. The van der Waals surface area contributed by atoms with E-state index >= 15 is 0 Å². The van der Waals surface area contributed by atoms with E-state index in [1.54, 1.807) is 0 Å². The van der Waals surface area contributed by atoms with Crippen molar-refractivity contribution in [2.75, 3.05) is 6.26 Å². The fourth-order valence-corrected chi connectivity index (χ4v) is 2.48. The Morgan fingerprint density at radius 2 is 1.85 bits per heavy atom. The average molecular weight is 202 g/mol. The van der Waals surface area contributed by atoms with Gasteiger partial charge in [0.2, 0.25) is 10.0 Å². The third kappa shape index (κ3) is 3.75. The Morgan fingerprint density at radius 3 is 2.23 bits per heavy atom. The molecule has 0 aliphatic heterocycles. The van der Waals surface area contributed by atoms with E-state index in [-0.39, 0.29) is 12.0 Å². The zero-order valence-electron chi connectivity index (χ0n) is 7.66. The Labute approximate surface area is 79.0 Å². The number of hydrogen-bond donors (Lipinski definition) is 1. The molecule has 4 nitrogen and oxygen atoms in total. The van der Waals surface area contributed by atoms with E-state index in [1.165, 1.54) is 6.26 Å². The molecule has 1 rings (SSSR count). The highest BCUT2D eigenvalue weighted by Gasteiger charge is 2.22. The van der Waals surface area contributed by atoms with Crippen LogP contribution in [0.4, 0.5) is 0 Å². The predicted octanol–water partition coefficient (Wildman–Crippen LogP) is 0.618. The molecule has 0 bridgehead atoms. The highest BCUT2D eigenvalue weighted by molar-refractivity contribution is 7.88. The van der Waals surface area contributed by atoms with Crippen LogP contribution in [0.5, 0.6) is 0 Å². The summed E-state index contributed by atoms with van der Waals surface area (Å²) >= 11 is 0. The third-order valence-electron chi connectivity index (χ3n) is 2.29. The van der Waals surface area contributed by atoms with Gasteiger partial charge in [-0.15, -0.1) is 0 Å². The third-order valence-corrected chi connectivity index (χ3v) is 3.05. The molecule has 0 radical (unpaired) electrons. The second-order valence-corrected chi connectivity index (χ2v) is 5.35. The fraction of sp³-hybridized carbons (Fsp3) is 0.875. The van der Waals surface area contributed by atoms with Crippen LogP contribution in [0.1, 0.15) is 25.7 Å². The van der Waals surface area contributed by atoms with Gasteiger partial charge in [-0.3, -0.25) is 0 Å². The first kappa shape index (κ1) is 10.5. The molecule has 1 aliphatic carbocycles.